The van der Waals surface area contributed by atoms with E-state index in [2.05, 4.69) is 15.2 Å². The number of halogens is 3. The minimum atomic E-state index is -4.16. The third-order valence-corrected chi connectivity index (χ3v) is 5.23. The summed E-state index contributed by atoms with van der Waals surface area (Å²) >= 11 is 0. The van der Waals surface area contributed by atoms with Gasteiger partial charge in [-0.15, -0.1) is 0 Å². The highest BCUT2D eigenvalue weighted by Crippen LogP contribution is 2.21. The Morgan fingerprint density at radius 2 is 2.06 bits per heavy atom. The maximum absolute atomic E-state index is 12.7. The molecule has 1 heterocycles. The fourth-order valence-electron chi connectivity index (χ4n) is 3.74. The van der Waals surface area contributed by atoms with E-state index in [-0.39, 0.29) is 5.92 Å². The van der Waals surface area contributed by atoms with Gasteiger partial charge in [-0.1, -0.05) is 25.1 Å². The summed E-state index contributed by atoms with van der Waals surface area (Å²) in [5.74, 6) is 1.80. The van der Waals surface area contributed by atoms with Crippen molar-refractivity contribution in [2.45, 2.75) is 33.1 Å². The zero-order chi connectivity index (χ0) is 22.7. The molecule has 1 unspecified atom stereocenters. The van der Waals surface area contributed by atoms with Gasteiger partial charge in [0.2, 0.25) is 0 Å². The summed E-state index contributed by atoms with van der Waals surface area (Å²) in [4.78, 5) is 8.25. The minimum Gasteiger partial charge on any atom is -0.496 e. The van der Waals surface area contributed by atoms with E-state index in [0.29, 0.717) is 39.4 Å². The molecule has 1 saturated heterocycles. The minimum absolute atomic E-state index is 0.202. The van der Waals surface area contributed by atoms with E-state index in [4.69, 9.17) is 9.47 Å². The third kappa shape index (κ3) is 8.95. The highest BCUT2D eigenvalue weighted by Gasteiger charge is 2.33. The zero-order valence-corrected chi connectivity index (χ0v) is 18.7. The van der Waals surface area contributed by atoms with Gasteiger partial charge in [0.1, 0.15) is 5.75 Å². The number of methoxy groups -OCH3 is 1. The summed E-state index contributed by atoms with van der Waals surface area (Å²) < 4.78 is 49.2. The first-order valence-corrected chi connectivity index (χ1v) is 10.9. The quantitative estimate of drug-likeness (QED) is 0.322. The molecule has 0 radical (unpaired) electrons. The number of alkyl halides is 3. The van der Waals surface area contributed by atoms with Crippen LogP contribution in [0.2, 0.25) is 0 Å². The fourth-order valence-corrected chi connectivity index (χ4v) is 3.74. The van der Waals surface area contributed by atoms with Crippen molar-refractivity contribution in [1.82, 2.24) is 15.1 Å². The highest BCUT2D eigenvalue weighted by atomic mass is 19.4. The average Bonchev–Trinajstić information content (AvgIpc) is 3.19. The first-order chi connectivity index (χ1) is 14.9. The third-order valence-electron chi connectivity index (χ3n) is 5.23. The number of hydrogen-bond donors (Lipinski definition) is 1. The number of aliphatic imine (C=N–C) groups is 1. The Morgan fingerprint density at radius 1 is 1.29 bits per heavy atom. The van der Waals surface area contributed by atoms with Crippen LogP contribution in [0.1, 0.15) is 25.8 Å². The van der Waals surface area contributed by atoms with Gasteiger partial charge >= 0.3 is 6.18 Å². The molecule has 1 aliphatic rings. The Labute approximate surface area is 183 Å². The number of benzene rings is 1. The van der Waals surface area contributed by atoms with Crippen molar-refractivity contribution in [3.63, 3.8) is 0 Å². The van der Waals surface area contributed by atoms with Crippen molar-refractivity contribution in [3.8, 4) is 5.75 Å². The molecule has 1 aromatic rings. The van der Waals surface area contributed by atoms with Gasteiger partial charge in [0.05, 0.1) is 33.4 Å². The van der Waals surface area contributed by atoms with E-state index in [1.165, 1.54) is 4.90 Å². The van der Waals surface area contributed by atoms with E-state index in [1.54, 1.807) is 14.0 Å². The molecule has 0 amide bonds. The molecule has 0 spiro atoms. The summed E-state index contributed by atoms with van der Waals surface area (Å²) in [6.45, 7) is 7.44. The molecule has 0 saturated carbocycles. The van der Waals surface area contributed by atoms with Crippen molar-refractivity contribution in [3.05, 3.63) is 29.8 Å². The molecule has 0 aliphatic carbocycles. The van der Waals surface area contributed by atoms with Gasteiger partial charge in [-0.2, -0.15) is 13.2 Å². The number of ether oxygens (including phenoxy) is 2. The lowest BCUT2D eigenvalue weighted by Crippen LogP contribution is -2.42. The molecule has 1 aromatic carbocycles. The number of para-hydroxylation sites is 1. The summed E-state index contributed by atoms with van der Waals surface area (Å²) in [7, 11) is 1.64. The Kier molecular flexibility index (Phi) is 10.4. The summed E-state index contributed by atoms with van der Waals surface area (Å²) in [6.07, 6.45) is -3.29. The van der Waals surface area contributed by atoms with Crippen molar-refractivity contribution < 1.29 is 22.6 Å². The summed E-state index contributed by atoms with van der Waals surface area (Å²) in [5.41, 5.74) is 0.989. The van der Waals surface area contributed by atoms with E-state index < -0.39 is 12.7 Å². The number of nitrogens with zero attached hydrogens (tertiary/aromatic N) is 3. The molecule has 9 heteroatoms. The molecule has 0 aromatic heterocycles. The van der Waals surface area contributed by atoms with Gasteiger partial charge < -0.3 is 19.7 Å². The van der Waals surface area contributed by atoms with Gasteiger partial charge in [-0.3, -0.25) is 9.89 Å². The van der Waals surface area contributed by atoms with Crippen LogP contribution in [0.3, 0.4) is 0 Å². The van der Waals surface area contributed by atoms with Gasteiger partial charge in [0.25, 0.3) is 0 Å². The lowest BCUT2D eigenvalue weighted by molar-refractivity contribution is -0.146. The molecule has 1 fully saturated rings. The number of hydrogen-bond acceptors (Lipinski definition) is 4. The first-order valence-electron chi connectivity index (χ1n) is 10.9. The second kappa shape index (κ2) is 12.8. The number of nitrogens with one attached hydrogen (secondary N) is 1. The van der Waals surface area contributed by atoms with Gasteiger partial charge in [-0.25, -0.2) is 0 Å². The van der Waals surface area contributed by atoms with Crippen LogP contribution in [0.4, 0.5) is 13.2 Å². The van der Waals surface area contributed by atoms with Crippen molar-refractivity contribution in [2.24, 2.45) is 10.9 Å². The molecular weight excluding hydrogens is 409 g/mol. The maximum atomic E-state index is 12.7. The standard InChI is InChI=1S/C22H35F3N4O2/c1-4-26-21(27-11-13-31-16-19-8-6-7-9-20(19)30-3)29-12-10-18(15-29)14-28(5-2)17-22(23,24)25/h6-9,18H,4-5,10-17H2,1-3H3,(H,26,27). The van der Waals surface area contributed by atoms with Crippen LogP contribution < -0.4 is 10.1 Å². The Balaban J connectivity index is 1.81. The summed E-state index contributed by atoms with van der Waals surface area (Å²) in [5, 5.41) is 3.28. The molecule has 1 atom stereocenters. The predicted molar refractivity (Wildman–Crippen MR) is 116 cm³/mol. The lowest BCUT2D eigenvalue weighted by Gasteiger charge is -2.26. The number of guanidine groups is 1. The van der Waals surface area contributed by atoms with Crippen LogP contribution in [0.15, 0.2) is 29.3 Å². The van der Waals surface area contributed by atoms with Crippen LogP contribution in [0.5, 0.6) is 5.75 Å². The highest BCUT2D eigenvalue weighted by molar-refractivity contribution is 5.80. The predicted octanol–water partition coefficient (Wildman–Crippen LogP) is 3.38. The van der Waals surface area contributed by atoms with Crippen LogP contribution in [0.25, 0.3) is 0 Å². The molecule has 31 heavy (non-hydrogen) atoms. The van der Waals surface area contributed by atoms with Crippen LogP contribution in [-0.4, -0.2) is 81.5 Å². The summed E-state index contributed by atoms with van der Waals surface area (Å²) in [6, 6.07) is 7.73. The van der Waals surface area contributed by atoms with Gasteiger partial charge in [0.15, 0.2) is 5.96 Å². The SMILES string of the molecule is CCNC(=NCCOCc1ccccc1OC)N1CCC(CN(CC)CC(F)(F)F)C1. The molecule has 6 nitrogen and oxygen atoms in total. The average molecular weight is 445 g/mol. The van der Waals surface area contributed by atoms with Gasteiger partial charge in [-0.05, 0) is 31.9 Å². The van der Waals surface area contributed by atoms with E-state index in [0.717, 1.165) is 36.8 Å². The van der Waals surface area contributed by atoms with Crippen molar-refractivity contribution in [1.29, 1.82) is 0 Å². The van der Waals surface area contributed by atoms with Gasteiger partial charge in [0, 0.05) is 31.7 Å². The molecular formula is C22H35F3N4O2. The topological polar surface area (TPSA) is 49.3 Å². The Morgan fingerprint density at radius 3 is 2.74 bits per heavy atom. The van der Waals surface area contributed by atoms with E-state index >= 15 is 0 Å². The maximum Gasteiger partial charge on any atom is 0.401 e. The number of likely N-dealkylation sites (tertiary alicyclic amines) is 1. The molecule has 176 valence electrons. The van der Waals surface area contributed by atoms with E-state index in [9.17, 15) is 13.2 Å². The largest absolute Gasteiger partial charge is 0.496 e. The molecule has 2 rings (SSSR count). The number of rotatable bonds is 11. The van der Waals surface area contributed by atoms with Crippen LogP contribution in [-0.2, 0) is 11.3 Å². The lowest BCUT2D eigenvalue weighted by atomic mass is 10.1. The molecule has 1 N–H and O–H groups in total. The van der Waals surface area contributed by atoms with E-state index in [1.807, 2.05) is 31.2 Å². The van der Waals surface area contributed by atoms with Crippen molar-refractivity contribution in [2.75, 3.05) is 59.5 Å². The fraction of sp³-hybridized carbons (Fsp3) is 0.682. The molecule has 0 bridgehead atoms. The monoisotopic (exact) mass is 444 g/mol. The molecule has 1 aliphatic heterocycles. The Hall–Kier alpha value is -2.00. The van der Waals surface area contributed by atoms with Crippen LogP contribution >= 0.6 is 0 Å². The normalized spacial score (nSPS) is 17.5. The smallest absolute Gasteiger partial charge is 0.401 e. The zero-order valence-electron chi connectivity index (χ0n) is 18.7. The first kappa shape index (κ1) is 25.3. The Bertz CT molecular complexity index is 685. The van der Waals surface area contributed by atoms with Crippen molar-refractivity contribution >= 4 is 5.96 Å². The second-order valence-corrected chi connectivity index (χ2v) is 7.64. The van der Waals surface area contributed by atoms with Crippen LogP contribution in [0, 0.1) is 5.92 Å². The second-order valence-electron chi connectivity index (χ2n) is 7.64.